The van der Waals surface area contributed by atoms with E-state index in [2.05, 4.69) is 20.9 Å². The Morgan fingerprint density at radius 3 is 2.10 bits per heavy atom. The van der Waals surface area contributed by atoms with E-state index in [1.165, 1.54) is 25.2 Å². The van der Waals surface area contributed by atoms with Gasteiger partial charge in [0.1, 0.15) is 0 Å². The van der Waals surface area contributed by atoms with E-state index in [9.17, 15) is 14.4 Å². The Morgan fingerprint density at radius 2 is 1.52 bits per heavy atom. The lowest BCUT2D eigenvalue weighted by atomic mass is 10.1. The third kappa shape index (κ3) is 5.98. The first kappa shape index (κ1) is 20.2. The van der Waals surface area contributed by atoms with E-state index in [0.29, 0.717) is 22.1 Å². The van der Waals surface area contributed by atoms with Crippen molar-refractivity contribution in [3.63, 3.8) is 0 Å². The second-order valence-corrected chi connectivity index (χ2v) is 7.52. The number of aromatic nitrogens is 1. The molecule has 0 aliphatic heterocycles. The highest BCUT2D eigenvalue weighted by Crippen LogP contribution is 2.24. The summed E-state index contributed by atoms with van der Waals surface area (Å²) in [5.41, 5.74) is 2.28. The highest BCUT2D eigenvalue weighted by molar-refractivity contribution is 7.15. The number of carbonyl (C=O) groups excluding carboxylic acids is 3. The maximum absolute atomic E-state index is 12.7. The lowest BCUT2D eigenvalue weighted by Crippen LogP contribution is -2.15. The molecule has 0 aliphatic carbocycles. The third-order valence-corrected chi connectivity index (χ3v) is 4.74. The fraction of sp³-hybridized carbons (Fsp3) is 0.143. The number of nitrogens with zero attached hydrogens (tertiary/aromatic N) is 1. The van der Waals surface area contributed by atoms with Crippen LogP contribution in [0.5, 0.6) is 0 Å². The van der Waals surface area contributed by atoms with Gasteiger partial charge in [-0.15, -0.1) is 11.3 Å². The van der Waals surface area contributed by atoms with Gasteiger partial charge in [0, 0.05) is 48.3 Å². The van der Waals surface area contributed by atoms with Gasteiger partial charge in [-0.1, -0.05) is 30.3 Å². The molecule has 7 nitrogen and oxygen atoms in total. The number of carbonyl (C=O) groups is 3. The van der Waals surface area contributed by atoms with Crippen LogP contribution in [0.3, 0.4) is 0 Å². The Bertz CT molecular complexity index is 1010. The summed E-state index contributed by atoms with van der Waals surface area (Å²) in [5, 5.41) is 8.50. The first-order chi connectivity index (χ1) is 13.9. The Balaban J connectivity index is 1.75. The fourth-order valence-corrected chi connectivity index (χ4v) is 3.56. The van der Waals surface area contributed by atoms with Gasteiger partial charge in [0.15, 0.2) is 5.13 Å². The molecule has 3 N–H and O–H groups in total. The van der Waals surface area contributed by atoms with E-state index >= 15 is 0 Å². The molecule has 0 saturated carbocycles. The zero-order chi connectivity index (χ0) is 20.8. The number of nitrogens with one attached hydrogen (secondary N) is 3. The second-order valence-electron chi connectivity index (χ2n) is 6.41. The molecule has 0 bridgehead atoms. The Morgan fingerprint density at radius 1 is 0.897 bits per heavy atom. The van der Waals surface area contributed by atoms with Crippen molar-refractivity contribution >= 4 is 45.6 Å². The zero-order valence-corrected chi connectivity index (χ0v) is 16.8. The molecule has 3 amide bonds. The van der Waals surface area contributed by atoms with Crippen LogP contribution in [0.25, 0.3) is 0 Å². The standard InChI is InChI=1S/C21H20N4O3S/c1-13(26)23-17-9-16(10-18(11-17)24-14(2)27)20(28)25-21-22-12-19(29-21)8-15-6-4-3-5-7-15/h3-7,9-12H,8H2,1-2H3,(H,23,26)(H,24,27)(H,22,25,28). The number of anilines is 3. The number of hydrogen-bond donors (Lipinski definition) is 3. The summed E-state index contributed by atoms with van der Waals surface area (Å²) >= 11 is 1.40. The highest BCUT2D eigenvalue weighted by atomic mass is 32.1. The lowest BCUT2D eigenvalue weighted by molar-refractivity contribution is -0.115. The van der Waals surface area contributed by atoms with Gasteiger partial charge in [0.05, 0.1) is 0 Å². The van der Waals surface area contributed by atoms with Crippen molar-refractivity contribution in [1.29, 1.82) is 0 Å². The van der Waals surface area contributed by atoms with E-state index in [4.69, 9.17) is 0 Å². The number of amides is 3. The van der Waals surface area contributed by atoms with E-state index in [1.54, 1.807) is 24.4 Å². The summed E-state index contributed by atoms with van der Waals surface area (Å²) < 4.78 is 0. The summed E-state index contributed by atoms with van der Waals surface area (Å²) in [5.74, 6) is -0.937. The van der Waals surface area contributed by atoms with E-state index in [1.807, 2.05) is 30.3 Å². The van der Waals surface area contributed by atoms with Gasteiger partial charge in [-0.25, -0.2) is 4.98 Å². The molecule has 29 heavy (non-hydrogen) atoms. The van der Waals surface area contributed by atoms with Crippen molar-refractivity contribution in [3.8, 4) is 0 Å². The minimum absolute atomic E-state index is 0.276. The highest BCUT2D eigenvalue weighted by Gasteiger charge is 2.13. The topological polar surface area (TPSA) is 100 Å². The van der Waals surface area contributed by atoms with Crippen molar-refractivity contribution in [2.24, 2.45) is 0 Å². The van der Waals surface area contributed by atoms with Gasteiger partial charge in [0.25, 0.3) is 5.91 Å². The minimum Gasteiger partial charge on any atom is -0.326 e. The summed E-state index contributed by atoms with van der Waals surface area (Å²) in [6, 6.07) is 14.7. The summed E-state index contributed by atoms with van der Waals surface area (Å²) in [4.78, 5) is 40.7. The maximum Gasteiger partial charge on any atom is 0.257 e. The lowest BCUT2D eigenvalue weighted by Gasteiger charge is -2.10. The molecule has 148 valence electrons. The van der Waals surface area contributed by atoms with Crippen molar-refractivity contribution in [2.75, 3.05) is 16.0 Å². The average molecular weight is 408 g/mol. The molecule has 0 saturated heterocycles. The van der Waals surface area contributed by atoms with Crippen molar-refractivity contribution in [2.45, 2.75) is 20.3 Å². The second kappa shape index (κ2) is 9.11. The van der Waals surface area contributed by atoms with Crippen LogP contribution in [0.1, 0.15) is 34.6 Å². The Hall–Kier alpha value is -3.52. The normalized spacial score (nSPS) is 10.3. The molecule has 1 heterocycles. The molecule has 2 aromatic carbocycles. The van der Waals surface area contributed by atoms with Gasteiger partial charge in [-0.05, 0) is 23.8 Å². The van der Waals surface area contributed by atoms with Gasteiger partial charge >= 0.3 is 0 Å². The molecule has 0 unspecified atom stereocenters. The predicted octanol–water partition coefficient (Wildman–Crippen LogP) is 3.90. The Kier molecular flexibility index (Phi) is 6.36. The maximum atomic E-state index is 12.7. The van der Waals surface area contributed by atoms with Crippen LogP contribution in [-0.4, -0.2) is 22.7 Å². The molecule has 0 spiro atoms. The molecule has 8 heteroatoms. The Labute approximate surface area is 172 Å². The third-order valence-electron chi connectivity index (χ3n) is 3.83. The van der Waals surface area contributed by atoms with Gasteiger partial charge in [-0.3, -0.25) is 19.7 Å². The number of rotatable bonds is 6. The van der Waals surface area contributed by atoms with E-state index in [-0.39, 0.29) is 17.7 Å². The molecule has 0 atom stereocenters. The van der Waals surface area contributed by atoms with Crippen LogP contribution in [0.2, 0.25) is 0 Å². The largest absolute Gasteiger partial charge is 0.326 e. The first-order valence-corrected chi connectivity index (χ1v) is 9.71. The molecule has 0 fully saturated rings. The molecule has 3 aromatic rings. The van der Waals surface area contributed by atoms with Crippen molar-refractivity contribution < 1.29 is 14.4 Å². The SMILES string of the molecule is CC(=O)Nc1cc(NC(C)=O)cc(C(=O)Nc2ncc(Cc3ccccc3)s2)c1. The number of benzene rings is 2. The fourth-order valence-electron chi connectivity index (χ4n) is 2.72. The molecular formula is C21H20N4O3S. The zero-order valence-electron chi connectivity index (χ0n) is 16.0. The van der Waals surface area contributed by atoms with Crippen LogP contribution >= 0.6 is 11.3 Å². The monoisotopic (exact) mass is 408 g/mol. The quantitative estimate of drug-likeness (QED) is 0.576. The minimum atomic E-state index is -0.385. The first-order valence-electron chi connectivity index (χ1n) is 8.89. The molecular weight excluding hydrogens is 388 g/mol. The molecule has 1 aromatic heterocycles. The van der Waals surface area contributed by atoms with Gasteiger partial charge < -0.3 is 10.6 Å². The van der Waals surface area contributed by atoms with E-state index in [0.717, 1.165) is 16.9 Å². The number of hydrogen-bond acceptors (Lipinski definition) is 5. The van der Waals surface area contributed by atoms with Crippen molar-refractivity contribution in [1.82, 2.24) is 4.98 Å². The smallest absolute Gasteiger partial charge is 0.257 e. The predicted molar refractivity (Wildman–Crippen MR) is 114 cm³/mol. The van der Waals surface area contributed by atoms with Gasteiger partial charge in [0.2, 0.25) is 11.8 Å². The van der Waals surface area contributed by atoms with Crippen LogP contribution < -0.4 is 16.0 Å². The summed E-state index contributed by atoms with van der Waals surface area (Å²) in [6.45, 7) is 2.74. The summed E-state index contributed by atoms with van der Waals surface area (Å²) in [6.07, 6.45) is 2.48. The molecule has 0 radical (unpaired) electrons. The van der Waals surface area contributed by atoms with Crippen LogP contribution in [0, 0.1) is 0 Å². The molecule has 0 aliphatic rings. The number of thiazole rings is 1. The van der Waals surface area contributed by atoms with Crippen LogP contribution in [0.4, 0.5) is 16.5 Å². The van der Waals surface area contributed by atoms with Crippen molar-refractivity contribution in [3.05, 3.63) is 70.7 Å². The van der Waals surface area contributed by atoms with Crippen LogP contribution in [-0.2, 0) is 16.0 Å². The van der Waals surface area contributed by atoms with Gasteiger partial charge in [-0.2, -0.15) is 0 Å². The average Bonchev–Trinajstić information content (AvgIpc) is 3.08. The van der Waals surface area contributed by atoms with Crippen LogP contribution in [0.15, 0.2) is 54.7 Å². The molecule has 3 rings (SSSR count). The van der Waals surface area contributed by atoms with E-state index < -0.39 is 0 Å². The summed E-state index contributed by atoms with van der Waals surface area (Å²) in [7, 11) is 0.